The van der Waals surface area contributed by atoms with Crippen LogP contribution in [0.2, 0.25) is 0 Å². The van der Waals surface area contributed by atoms with Crippen LogP contribution >= 0.6 is 0 Å². The first-order valence-electron chi connectivity index (χ1n) is 9.83. The Morgan fingerprint density at radius 1 is 1.22 bits per heavy atom. The topological polar surface area (TPSA) is 55.3 Å². The lowest BCUT2D eigenvalue weighted by atomic mass is 10.1. The lowest BCUT2D eigenvalue weighted by molar-refractivity contribution is -0.0816. The Labute approximate surface area is 160 Å². The van der Waals surface area contributed by atoms with Gasteiger partial charge >= 0.3 is 0 Å². The molecule has 0 amide bonds. The van der Waals surface area contributed by atoms with E-state index in [0.717, 1.165) is 57.9 Å². The standard InChI is InChI=1S/C20H30FN3O3/c1-22-20(24-11-14-27-19(15-24)18-5-4-13-26-18)23-10-2-3-12-25-17-8-6-16(21)7-9-17/h6-9,18-19H,2-5,10-15H2,1H3,(H,22,23). The number of ether oxygens (including phenoxy) is 3. The zero-order valence-corrected chi connectivity index (χ0v) is 16.0. The van der Waals surface area contributed by atoms with Crippen molar-refractivity contribution in [3.63, 3.8) is 0 Å². The maximum Gasteiger partial charge on any atom is 0.193 e. The molecular formula is C20H30FN3O3. The molecule has 2 unspecified atom stereocenters. The first kappa shape index (κ1) is 19.9. The maximum absolute atomic E-state index is 12.9. The number of unbranched alkanes of at least 4 members (excludes halogenated alkanes) is 1. The van der Waals surface area contributed by atoms with Crippen molar-refractivity contribution in [2.45, 2.75) is 37.9 Å². The molecule has 1 N–H and O–H groups in total. The summed E-state index contributed by atoms with van der Waals surface area (Å²) >= 11 is 0. The maximum atomic E-state index is 12.9. The van der Waals surface area contributed by atoms with Gasteiger partial charge in [-0.25, -0.2) is 4.39 Å². The predicted octanol–water partition coefficient (Wildman–Crippen LogP) is 2.44. The van der Waals surface area contributed by atoms with Gasteiger partial charge in [0.25, 0.3) is 0 Å². The summed E-state index contributed by atoms with van der Waals surface area (Å²) in [5.74, 6) is 1.37. The number of morpholine rings is 1. The largest absolute Gasteiger partial charge is 0.494 e. The van der Waals surface area contributed by atoms with Gasteiger partial charge in [-0.2, -0.15) is 0 Å². The molecule has 7 heteroatoms. The summed E-state index contributed by atoms with van der Waals surface area (Å²) in [6.07, 6.45) is 4.44. The fourth-order valence-electron chi connectivity index (χ4n) is 3.47. The molecule has 0 aliphatic carbocycles. The molecule has 1 aromatic carbocycles. The van der Waals surface area contributed by atoms with Crippen LogP contribution in [0, 0.1) is 5.82 Å². The van der Waals surface area contributed by atoms with Gasteiger partial charge in [0.15, 0.2) is 5.96 Å². The summed E-state index contributed by atoms with van der Waals surface area (Å²) < 4.78 is 30.2. The summed E-state index contributed by atoms with van der Waals surface area (Å²) in [4.78, 5) is 6.67. The molecule has 2 aliphatic rings. The Morgan fingerprint density at radius 3 is 2.78 bits per heavy atom. The summed E-state index contributed by atoms with van der Waals surface area (Å²) in [6, 6.07) is 6.12. The number of aliphatic imine (C=N–C) groups is 1. The number of nitrogens with one attached hydrogen (secondary N) is 1. The predicted molar refractivity (Wildman–Crippen MR) is 103 cm³/mol. The highest BCUT2D eigenvalue weighted by Crippen LogP contribution is 2.21. The normalized spacial score (nSPS) is 23.5. The third kappa shape index (κ3) is 6.07. The molecule has 1 aromatic rings. The van der Waals surface area contributed by atoms with Gasteiger partial charge in [0.1, 0.15) is 17.7 Å². The molecule has 2 aliphatic heterocycles. The third-order valence-electron chi connectivity index (χ3n) is 4.92. The Bertz CT molecular complexity index is 591. The van der Waals surface area contributed by atoms with Crippen molar-refractivity contribution in [1.29, 1.82) is 0 Å². The van der Waals surface area contributed by atoms with Gasteiger partial charge in [0, 0.05) is 33.3 Å². The molecule has 2 fully saturated rings. The van der Waals surface area contributed by atoms with Crippen LogP contribution in [0.5, 0.6) is 5.75 Å². The molecule has 0 radical (unpaired) electrons. The van der Waals surface area contributed by atoms with E-state index in [9.17, 15) is 4.39 Å². The molecule has 0 saturated carbocycles. The summed E-state index contributed by atoms with van der Waals surface area (Å²) in [7, 11) is 1.82. The highest BCUT2D eigenvalue weighted by Gasteiger charge is 2.32. The first-order valence-corrected chi connectivity index (χ1v) is 9.83. The SMILES string of the molecule is CN=C(NCCCCOc1ccc(F)cc1)N1CCOC(C2CCCO2)C1. The van der Waals surface area contributed by atoms with Crippen LogP contribution in [0.4, 0.5) is 4.39 Å². The van der Waals surface area contributed by atoms with Gasteiger partial charge in [0.05, 0.1) is 19.3 Å². The van der Waals surface area contributed by atoms with E-state index in [0.29, 0.717) is 19.0 Å². The molecule has 150 valence electrons. The smallest absolute Gasteiger partial charge is 0.193 e. The van der Waals surface area contributed by atoms with E-state index in [2.05, 4.69) is 15.2 Å². The monoisotopic (exact) mass is 379 g/mol. The van der Waals surface area contributed by atoms with Crippen LogP contribution in [-0.2, 0) is 9.47 Å². The second-order valence-electron chi connectivity index (χ2n) is 6.89. The molecule has 2 saturated heterocycles. The molecular weight excluding hydrogens is 349 g/mol. The molecule has 0 aromatic heterocycles. The molecule has 6 nitrogen and oxygen atoms in total. The van der Waals surface area contributed by atoms with Crippen LogP contribution in [0.1, 0.15) is 25.7 Å². The Morgan fingerprint density at radius 2 is 2.04 bits per heavy atom. The van der Waals surface area contributed by atoms with E-state index < -0.39 is 0 Å². The number of benzene rings is 1. The minimum Gasteiger partial charge on any atom is -0.494 e. The van der Waals surface area contributed by atoms with Crippen molar-refractivity contribution in [3.05, 3.63) is 30.1 Å². The third-order valence-corrected chi connectivity index (χ3v) is 4.92. The summed E-state index contributed by atoms with van der Waals surface area (Å²) in [5, 5.41) is 3.43. The lowest BCUT2D eigenvalue weighted by Crippen LogP contribution is -2.53. The quantitative estimate of drug-likeness (QED) is 0.448. The summed E-state index contributed by atoms with van der Waals surface area (Å²) in [6.45, 7) is 4.66. The van der Waals surface area contributed by atoms with E-state index in [1.54, 1.807) is 12.1 Å². The second kappa shape index (κ2) is 10.5. The fourth-order valence-corrected chi connectivity index (χ4v) is 3.47. The average molecular weight is 379 g/mol. The van der Waals surface area contributed by atoms with E-state index in [1.165, 1.54) is 12.1 Å². The fraction of sp³-hybridized carbons (Fsp3) is 0.650. The Hall–Kier alpha value is -1.86. The molecule has 0 bridgehead atoms. The number of halogens is 1. The van der Waals surface area contributed by atoms with E-state index >= 15 is 0 Å². The van der Waals surface area contributed by atoms with Crippen molar-refractivity contribution in [3.8, 4) is 5.75 Å². The van der Waals surface area contributed by atoms with Crippen LogP contribution in [0.25, 0.3) is 0 Å². The Balaban J connectivity index is 1.33. The summed E-state index contributed by atoms with van der Waals surface area (Å²) in [5.41, 5.74) is 0. The van der Waals surface area contributed by atoms with Gasteiger partial charge in [0.2, 0.25) is 0 Å². The number of nitrogens with zero attached hydrogens (tertiary/aromatic N) is 2. The molecule has 2 heterocycles. The average Bonchev–Trinajstić information content (AvgIpc) is 3.24. The number of hydrogen-bond donors (Lipinski definition) is 1. The van der Waals surface area contributed by atoms with Gasteiger partial charge in [-0.05, 0) is 49.9 Å². The highest BCUT2D eigenvalue weighted by molar-refractivity contribution is 5.80. The highest BCUT2D eigenvalue weighted by atomic mass is 19.1. The van der Waals surface area contributed by atoms with E-state index in [4.69, 9.17) is 14.2 Å². The van der Waals surface area contributed by atoms with Crippen LogP contribution in [-0.4, -0.2) is 69.6 Å². The van der Waals surface area contributed by atoms with E-state index in [1.807, 2.05) is 7.05 Å². The zero-order valence-electron chi connectivity index (χ0n) is 16.0. The van der Waals surface area contributed by atoms with Crippen molar-refractivity contribution in [2.75, 3.05) is 46.5 Å². The molecule has 27 heavy (non-hydrogen) atoms. The zero-order chi connectivity index (χ0) is 18.9. The minimum atomic E-state index is -0.247. The van der Waals surface area contributed by atoms with Crippen LogP contribution in [0.3, 0.4) is 0 Å². The molecule has 0 spiro atoms. The van der Waals surface area contributed by atoms with Crippen LogP contribution < -0.4 is 10.1 Å². The van der Waals surface area contributed by atoms with Crippen molar-refractivity contribution < 1.29 is 18.6 Å². The van der Waals surface area contributed by atoms with Crippen LogP contribution in [0.15, 0.2) is 29.3 Å². The second-order valence-corrected chi connectivity index (χ2v) is 6.89. The molecule has 3 rings (SSSR count). The van der Waals surface area contributed by atoms with Gasteiger partial charge in [-0.3, -0.25) is 4.99 Å². The van der Waals surface area contributed by atoms with Gasteiger partial charge in [-0.1, -0.05) is 0 Å². The number of rotatable bonds is 7. The van der Waals surface area contributed by atoms with Gasteiger partial charge in [-0.15, -0.1) is 0 Å². The number of guanidine groups is 1. The van der Waals surface area contributed by atoms with E-state index in [-0.39, 0.29) is 18.0 Å². The minimum absolute atomic E-state index is 0.129. The molecule has 2 atom stereocenters. The van der Waals surface area contributed by atoms with Gasteiger partial charge < -0.3 is 24.4 Å². The van der Waals surface area contributed by atoms with Crippen molar-refractivity contribution in [1.82, 2.24) is 10.2 Å². The Kier molecular flexibility index (Phi) is 7.71. The lowest BCUT2D eigenvalue weighted by Gasteiger charge is -2.37. The first-order chi connectivity index (χ1) is 13.3. The number of hydrogen-bond acceptors (Lipinski definition) is 4. The van der Waals surface area contributed by atoms with Crippen molar-refractivity contribution >= 4 is 5.96 Å². The van der Waals surface area contributed by atoms with Crippen molar-refractivity contribution in [2.24, 2.45) is 4.99 Å².